The molecule has 1 aromatic heterocycles. The van der Waals surface area contributed by atoms with Gasteiger partial charge in [0, 0.05) is 41.2 Å². The number of thiophene rings is 1. The molecule has 0 unspecified atom stereocenters. The van der Waals surface area contributed by atoms with E-state index in [1.807, 2.05) is 19.1 Å². The first-order chi connectivity index (χ1) is 12.7. The topological polar surface area (TPSA) is 118 Å². The van der Waals surface area contributed by atoms with Crippen molar-refractivity contribution < 1.29 is 18.1 Å². The average Bonchev–Trinajstić information content (AvgIpc) is 3.01. The zero-order valence-electron chi connectivity index (χ0n) is 14.8. The van der Waals surface area contributed by atoms with E-state index in [1.165, 1.54) is 18.2 Å². The first-order valence-electron chi connectivity index (χ1n) is 7.91. The van der Waals surface area contributed by atoms with Crippen molar-refractivity contribution in [2.24, 2.45) is 0 Å². The van der Waals surface area contributed by atoms with E-state index in [4.69, 9.17) is 0 Å². The molecule has 0 aliphatic rings. The van der Waals surface area contributed by atoms with Crippen LogP contribution in [0.4, 0.5) is 11.4 Å². The van der Waals surface area contributed by atoms with E-state index in [0.29, 0.717) is 0 Å². The first kappa shape index (κ1) is 20.6. The van der Waals surface area contributed by atoms with Gasteiger partial charge in [0.1, 0.15) is 5.69 Å². The number of benzene rings is 1. The number of carbonyl (C=O) groups is 1. The highest BCUT2D eigenvalue weighted by Gasteiger charge is 2.18. The van der Waals surface area contributed by atoms with Crippen LogP contribution in [0.1, 0.15) is 9.75 Å². The van der Waals surface area contributed by atoms with Crippen LogP contribution in [0.15, 0.2) is 41.3 Å². The molecular weight excluding hydrogens is 390 g/mol. The Kier molecular flexibility index (Phi) is 6.70. The molecule has 2 rings (SSSR count). The summed E-state index contributed by atoms with van der Waals surface area (Å²) in [6, 6.07) is 7.55. The largest absolute Gasteiger partial charge is 0.378 e. The van der Waals surface area contributed by atoms with E-state index >= 15 is 0 Å². The Balaban J connectivity index is 1.90. The fraction of sp³-hybridized carbons (Fsp3) is 0.235. The molecule has 0 bridgehead atoms. The molecule has 1 amide bonds. The number of amides is 1. The molecule has 0 saturated heterocycles. The number of rotatable bonds is 8. The number of nitrogens with one attached hydrogen (secondary N) is 2. The van der Waals surface area contributed by atoms with Crippen molar-refractivity contribution in [2.75, 3.05) is 24.7 Å². The standard InChI is InChI=1S/C17H19N3O5S2/c1-12-3-4-13(26-12)5-8-17(21)19-10-9-18-15-7-6-14(27(2,24)25)11-16(15)20(22)23/h3-8,11,18H,9-10H2,1-2H3,(H,19,21)/b8-5+. The molecule has 1 aromatic carbocycles. The van der Waals surface area contributed by atoms with Gasteiger partial charge in [0.15, 0.2) is 9.84 Å². The maximum absolute atomic E-state index is 11.8. The van der Waals surface area contributed by atoms with Crippen molar-refractivity contribution in [3.8, 4) is 0 Å². The summed E-state index contributed by atoms with van der Waals surface area (Å²) in [5.74, 6) is -0.273. The quantitative estimate of drug-likeness (QED) is 0.299. The van der Waals surface area contributed by atoms with Crippen LogP contribution < -0.4 is 10.6 Å². The predicted molar refractivity (Wildman–Crippen MR) is 106 cm³/mol. The molecule has 0 saturated carbocycles. The Morgan fingerprint density at radius 1 is 1.26 bits per heavy atom. The van der Waals surface area contributed by atoms with Crippen molar-refractivity contribution in [1.29, 1.82) is 0 Å². The minimum atomic E-state index is -3.54. The van der Waals surface area contributed by atoms with Gasteiger partial charge in [-0.15, -0.1) is 11.3 Å². The molecule has 0 fully saturated rings. The molecule has 0 atom stereocenters. The average molecular weight is 409 g/mol. The van der Waals surface area contributed by atoms with Crippen LogP contribution in [-0.4, -0.2) is 38.6 Å². The van der Waals surface area contributed by atoms with Gasteiger partial charge in [0.05, 0.1) is 9.82 Å². The normalized spacial score (nSPS) is 11.5. The monoisotopic (exact) mass is 409 g/mol. The van der Waals surface area contributed by atoms with Crippen molar-refractivity contribution in [2.45, 2.75) is 11.8 Å². The van der Waals surface area contributed by atoms with Gasteiger partial charge in [-0.25, -0.2) is 8.42 Å². The fourth-order valence-electron chi connectivity index (χ4n) is 2.19. The minimum absolute atomic E-state index is 0.123. The molecule has 0 spiro atoms. The van der Waals surface area contributed by atoms with E-state index < -0.39 is 14.8 Å². The third kappa shape index (κ3) is 6.19. The maximum atomic E-state index is 11.8. The number of carbonyl (C=O) groups excluding carboxylic acids is 1. The molecule has 2 N–H and O–H groups in total. The van der Waals surface area contributed by atoms with Crippen molar-refractivity contribution in [3.63, 3.8) is 0 Å². The molecule has 27 heavy (non-hydrogen) atoms. The summed E-state index contributed by atoms with van der Waals surface area (Å²) in [4.78, 5) is 24.3. The first-order valence-corrected chi connectivity index (χ1v) is 10.6. The molecule has 2 aromatic rings. The summed E-state index contributed by atoms with van der Waals surface area (Å²) in [6.45, 7) is 2.48. The molecule has 8 nitrogen and oxygen atoms in total. The number of hydrogen-bond donors (Lipinski definition) is 2. The number of aryl methyl sites for hydroxylation is 1. The van der Waals surface area contributed by atoms with Gasteiger partial charge in [-0.1, -0.05) is 0 Å². The predicted octanol–water partition coefficient (Wildman–Crippen LogP) is 2.61. The van der Waals surface area contributed by atoms with Gasteiger partial charge < -0.3 is 10.6 Å². The fourth-order valence-corrected chi connectivity index (χ4v) is 3.61. The van der Waals surface area contributed by atoms with E-state index in [9.17, 15) is 23.3 Å². The lowest BCUT2D eigenvalue weighted by Gasteiger charge is -2.08. The second kappa shape index (κ2) is 8.78. The highest BCUT2D eigenvalue weighted by Crippen LogP contribution is 2.27. The van der Waals surface area contributed by atoms with Gasteiger partial charge in [0.25, 0.3) is 5.69 Å². The smallest absolute Gasteiger partial charge is 0.293 e. The van der Waals surface area contributed by atoms with Crippen LogP contribution in [0.25, 0.3) is 6.08 Å². The molecule has 10 heteroatoms. The Morgan fingerprint density at radius 2 is 2.00 bits per heavy atom. The second-order valence-corrected chi connectivity index (χ2v) is 9.04. The molecule has 0 aliphatic carbocycles. The van der Waals surface area contributed by atoms with E-state index in [-0.39, 0.29) is 35.3 Å². The van der Waals surface area contributed by atoms with Crippen molar-refractivity contribution >= 4 is 44.5 Å². The van der Waals surface area contributed by atoms with Gasteiger partial charge in [-0.05, 0) is 37.3 Å². The molecular formula is C17H19N3O5S2. The zero-order chi connectivity index (χ0) is 20.0. The van der Waals surface area contributed by atoms with Crippen molar-refractivity contribution in [3.05, 3.63) is 56.3 Å². The summed E-state index contributed by atoms with van der Waals surface area (Å²) in [5.41, 5.74) is -0.150. The Bertz CT molecular complexity index is 980. The van der Waals surface area contributed by atoms with Crippen LogP contribution in [0, 0.1) is 17.0 Å². The second-order valence-electron chi connectivity index (χ2n) is 5.71. The van der Waals surface area contributed by atoms with Gasteiger partial charge >= 0.3 is 0 Å². The number of nitro groups is 1. The minimum Gasteiger partial charge on any atom is -0.378 e. The van der Waals surface area contributed by atoms with Crippen LogP contribution in [0.5, 0.6) is 0 Å². The lowest BCUT2D eigenvalue weighted by molar-refractivity contribution is -0.384. The summed E-state index contributed by atoms with van der Waals surface area (Å²) < 4.78 is 23.0. The highest BCUT2D eigenvalue weighted by atomic mass is 32.2. The van der Waals surface area contributed by atoms with Gasteiger partial charge in [0.2, 0.25) is 5.91 Å². The van der Waals surface area contributed by atoms with E-state index in [2.05, 4.69) is 10.6 Å². The Morgan fingerprint density at radius 3 is 2.59 bits per heavy atom. The number of nitro benzene ring substituents is 1. The van der Waals surface area contributed by atoms with Crippen LogP contribution in [0.3, 0.4) is 0 Å². The maximum Gasteiger partial charge on any atom is 0.293 e. The third-order valence-electron chi connectivity index (χ3n) is 3.49. The van der Waals surface area contributed by atoms with E-state index in [1.54, 1.807) is 17.4 Å². The van der Waals surface area contributed by atoms with Crippen LogP contribution >= 0.6 is 11.3 Å². The van der Waals surface area contributed by atoms with E-state index in [0.717, 1.165) is 22.1 Å². The summed E-state index contributed by atoms with van der Waals surface area (Å²) in [7, 11) is -3.54. The van der Waals surface area contributed by atoms with Gasteiger partial charge in [-0.3, -0.25) is 14.9 Å². The molecule has 144 valence electrons. The highest BCUT2D eigenvalue weighted by molar-refractivity contribution is 7.90. The lowest BCUT2D eigenvalue weighted by Crippen LogP contribution is -2.27. The number of nitrogens with zero attached hydrogens (tertiary/aromatic N) is 1. The van der Waals surface area contributed by atoms with Crippen LogP contribution in [-0.2, 0) is 14.6 Å². The molecule has 0 radical (unpaired) electrons. The number of sulfone groups is 1. The molecule has 1 heterocycles. The molecule has 0 aliphatic heterocycles. The SMILES string of the molecule is Cc1ccc(/C=C/C(=O)NCCNc2ccc(S(C)(=O)=O)cc2[N+](=O)[O-])s1. The van der Waals surface area contributed by atoms with Gasteiger partial charge in [-0.2, -0.15) is 0 Å². The Labute approximate surface area is 161 Å². The summed E-state index contributed by atoms with van der Waals surface area (Å²) in [6.07, 6.45) is 4.13. The lowest BCUT2D eigenvalue weighted by atomic mass is 10.2. The third-order valence-corrected chi connectivity index (χ3v) is 5.57. The Hall–Kier alpha value is -2.72. The van der Waals surface area contributed by atoms with Crippen molar-refractivity contribution in [1.82, 2.24) is 5.32 Å². The number of hydrogen-bond acceptors (Lipinski definition) is 7. The zero-order valence-corrected chi connectivity index (χ0v) is 16.4. The summed E-state index contributed by atoms with van der Waals surface area (Å²) >= 11 is 1.58. The van der Waals surface area contributed by atoms with Crippen LogP contribution in [0.2, 0.25) is 0 Å². The number of anilines is 1. The summed E-state index contributed by atoms with van der Waals surface area (Å²) in [5, 5.41) is 16.7.